The van der Waals surface area contributed by atoms with Gasteiger partial charge in [0.2, 0.25) is 0 Å². The lowest BCUT2D eigenvalue weighted by Gasteiger charge is -2.23. The molecule has 1 amide bonds. The first-order chi connectivity index (χ1) is 17.9. The molecule has 0 fully saturated rings. The number of methoxy groups -OCH3 is 2. The fourth-order valence-corrected chi connectivity index (χ4v) is 4.96. The van der Waals surface area contributed by atoms with Gasteiger partial charge in [-0.25, -0.2) is 9.99 Å². The van der Waals surface area contributed by atoms with Gasteiger partial charge in [0.15, 0.2) is 11.5 Å². The van der Waals surface area contributed by atoms with Crippen LogP contribution in [0.2, 0.25) is 0 Å². The number of rotatable bonds is 7. The second-order valence-electron chi connectivity index (χ2n) is 8.23. The first kappa shape index (κ1) is 24.1. The van der Waals surface area contributed by atoms with Crippen LogP contribution in [0.15, 0.2) is 70.1 Å². The van der Waals surface area contributed by atoms with Crippen molar-refractivity contribution in [3.8, 4) is 11.5 Å². The van der Waals surface area contributed by atoms with Gasteiger partial charge in [0.1, 0.15) is 6.54 Å². The number of nitro benzene ring substituents is 1. The third-order valence-electron chi connectivity index (χ3n) is 6.09. The number of non-ortho nitro benzene ring substituents is 1. The summed E-state index contributed by atoms with van der Waals surface area (Å²) >= 11 is 1.53. The number of benzene rings is 2. The number of hydrazone groups is 1. The summed E-state index contributed by atoms with van der Waals surface area (Å²) in [5.74, 6) is 0.688. The molecule has 5 rings (SSSR count). The Labute approximate surface area is 214 Å². The standard InChI is InChI=1S/C25H21N5O6S/c1-35-21-8-5-15(10-22(21)36-2)20-12-19(23-4-3-9-37-23)27-29(20)24(31)13-28-14-26-18-11-16(30(33)34)6-7-17(18)25(28)32/h3-11,14,20H,12-13H2,1-2H3/t20-/m1/s1. The normalized spacial score (nSPS) is 15.0. The maximum absolute atomic E-state index is 13.5. The number of hydrogen-bond donors (Lipinski definition) is 0. The van der Waals surface area contributed by atoms with Crippen LogP contribution in [-0.2, 0) is 11.3 Å². The zero-order chi connectivity index (χ0) is 26.1. The van der Waals surface area contributed by atoms with Crippen LogP contribution in [0.4, 0.5) is 5.69 Å². The number of carbonyl (C=O) groups excluding carboxylic acids is 1. The Balaban J connectivity index is 1.49. The third-order valence-corrected chi connectivity index (χ3v) is 7.01. The molecule has 0 N–H and O–H groups in total. The van der Waals surface area contributed by atoms with Crippen LogP contribution in [0.1, 0.15) is 22.9 Å². The maximum atomic E-state index is 13.5. The number of ether oxygens (including phenoxy) is 2. The fourth-order valence-electron chi connectivity index (χ4n) is 4.24. The molecule has 0 radical (unpaired) electrons. The lowest BCUT2D eigenvalue weighted by Crippen LogP contribution is -2.34. The molecule has 37 heavy (non-hydrogen) atoms. The Kier molecular flexibility index (Phi) is 6.40. The summed E-state index contributed by atoms with van der Waals surface area (Å²) in [7, 11) is 3.09. The smallest absolute Gasteiger partial charge is 0.271 e. The van der Waals surface area contributed by atoms with Gasteiger partial charge in [-0.3, -0.25) is 24.3 Å². The van der Waals surface area contributed by atoms with Crippen LogP contribution in [-0.4, -0.2) is 45.3 Å². The zero-order valence-corrected chi connectivity index (χ0v) is 20.7. The van der Waals surface area contributed by atoms with E-state index in [1.807, 2.05) is 29.6 Å². The fraction of sp³-hybridized carbons (Fsp3) is 0.200. The van der Waals surface area contributed by atoms with Crippen LogP contribution < -0.4 is 15.0 Å². The predicted octanol–water partition coefficient (Wildman–Crippen LogP) is 3.76. The number of fused-ring (bicyclic) bond motifs is 1. The highest BCUT2D eigenvalue weighted by molar-refractivity contribution is 7.12. The molecular weight excluding hydrogens is 498 g/mol. The molecule has 0 spiro atoms. The second kappa shape index (κ2) is 9.82. The summed E-state index contributed by atoms with van der Waals surface area (Å²) in [4.78, 5) is 42.1. The van der Waals surface area contributed by atoms with Crippen LogP contribution in [0.3, 0.4) is 0 Å². The third kappa shape index (κ3) is 4.54. The van der Waals surface area contributed by atoms with Crippen molar-refractivity contribution in [3.05, 3.63) is 91.1 Å². The minimum atomic E-state index is -0.555. The Hall–Kier alpha value is -4.58. The molecule has 1 atom stereocenters. The Morgan fingerprint density at radius 2 is 1.97 bits per heavy atom. The lowest BCUT2D eigenvalue weighted by atomic mass is 10.0. The molecule has 4 aromatic rings. The van der Waals surface area contributed by atoms with Crippen LogP contribution >= 0.6 is 11.3 Å². The van der Waals surface area contributed by atoms with Crippen LogP contribution in [0.5, 0.6) is 11.5 Å². The molecule has 2 aromatic carbocycles. The van der Waals surface area contributed by atoms with Gasteiger partial charge in [-0.2, -0.15) is 5.10 Å². The summed E-state index contributed by atoms with van der Waals surface area (Å²) in [5.41, 5.74) is 1.11. The van der Waals surface area contributed by atoms with Gasteiger partial charge in [0.05, 0.1) is 53.0 Å². The molecule has 188 valence electrons. The largest absolute Gasteiger partial charge is 0.493 e. The van der Waals surface area contributed by atoms with Gasteiger partial charge in [-0.05, 0) is 35.2 Å². The highest BCUT2D eigenvalue weighted by atomic mass is 32.1. The molecule has 11 nitrogen and oxygen atoms in total. The van der Waals surface area contributed by atoms with Crippen LogP contribution in [0.25, 0.3) is 10.9 Å². The van der Waals surface area contributed by atoms with Crippen LogP contribution in [0, 0.1) is 10.1 Å². The van der Waals surface area contributed by atoms with Crippen molar-refractivity contribution in [2.75, 3.05) is 14.2 Å². The average Bonchev–Trinajstić information content (AvgIpc) is 3.60. The monoisotopic (exact) mass is 519 g/mol. The minimum absolute atomic E-state index is 0.168. The Morgan fingerprint density at radius 1 is 1.16 bits per heavy atom. The molecule has 2 aromatic heterocycles. The Morgan fingerprint density at radius 3 is 2.68 bits per heavy atom. The lowest BCUT2D eigenvalue weighted by molar-refractivity contribution is -0.384. The number of carbonyl (C=O) groups is 1. The molecule has 0 aliphatic carbocycles. The van der Waals surface area contributed by atoms with Crippen molar-refractivity contribution in [3.63, 3.8) is 0 Å². The Bertz CT molecular complexity index is 1600. The van der Waals surface area contributed by atoms with Gasteiger partial charge in [0.25, 0.3) is 17.2 Å². The van der Waals surface area contributed by atoms with Gasteiger partial charge < -0.3 is 9.47 Å². The molecule has 0 saturated carbocycles. The predicted molar refractivity (Wildman–Crippen MR) is 137 cm³/mol. The first-order valence-electron chi connectivity index (χ1n) is 11.2. The SMILES string of the molecule is COc1ccc([C@H]2CC(c3cccs3)=NN2C(=O)Cn2cnc3cc([N+](=O)[O-])ccc3c2=O)cc1OC. The maximum Gasteiger partial charge on any atom is 0.271 e. The van der Waals surface area contributed by atoms with Gasteiger partial charge >= 0.3 is 0 Å². The van der Waals surface area contributed by atoms with Crippen molar-refractivity contribution < 1.29 is 19.2 Å². The van der Waals surface area contributed by atoms with E-state index in [2.05, 4.69) is 10.1 Å². The summed E-state index contributed by atoms with van der Waals surface area (Å²) in [6.45, 7) is -0.302. The van der Waals surface area contributed by atoms with E-state index in [1.54, 1.807) is 20.3 Å². The first-order valence-corrected chi connectivity index (χ1v) is 12.1. The molecule has 0 unspecified atom stereocenters. The van der Waals surface area contributed by atoms with Gasteiger partial charge in [0, 0.05) is 18.6 Å². The highest BCUT2D eigenvalue weighted by Gasteiger charge is 2.34. The topological polar surface area (TPSA) is 129 Å². The van der Waals surface area contributed by atoms with E-state index >= 15 is 0 Å². The van der Waals surface area contributed by atoms with E-state index in [1.165, 1.54) is 45.4 Å². The van der Waals surface area contributed by atoms with E-state index < -0.39 is 22.4 Å². The van der Waals surface area contributed by atoms with Crippen molar-refractivity contribution in [2.24, 2.45) is 5.10 Å². The van der Waals surface area contributed by atoms with E-state index in [0.717, 1.165) is 16.2 Å². The van der Waals surface area contributed by atoms with E-state index in [-0.39, 0.29) is 23.1 Å². The molecule has 3 heterocycles. The number of thiophene rings is 1. The molecule has 1 aliphatic heterocycles. The minimum Gasteiger partial charge on any atom is -0.493 e. The van der Waals surface area contributed by atoms with Crippen molar-refractivity contribution >= 4 is 39.5 Å². The molecule has 12 heteroatoms. The second-order valence-corrected chi connectivity index (χ2v) is 9.18. The number of amides is 1. The molecule has 0 bridgehead atoms. The van der Waals surface area contributed by atoms with E-state index in [0.29, 0.717) is 17.9 Å². The van der Waals surface area contributed by atoms with Crippen molar-refractivity contribution in [1.29, 1.82) is 0 Å². The van der Waals surface area contributed by atoms with Gasteiger partial charge in [-0.1, -0.05) is 12.1 Å². The summed E-state index contributed by atoms with van der Waals surface area (Å²) < 4.78 is 12.0. The van der Waals surface area contributed by atoms with E-state index in [4.69, 9.17) is 9.47 Å². The average molecular weight is 520 g/mol. The number of nitrogens with zero attached hydrogens (tertiary/aromatic N) is 5. The zero-order valence-electron chi connectivity index (χ0n) is 19.9. The van der Waals surface area contributed by atoms with Crippen molar-refractivity contribution in [1.82, 2.24) is 14.6 Å². The highest BCUT2D eigenvalue weighted by Crippen LogP contribution is 2.38. The quantitative estimate of drug-likeness (QED) is 0.268. The summed E-state index contributed by atoms with van der Waals surface area (Å²) in [6, 6.07) is 12.7. The molecular formula is C25H21N5O6S. The summed E-state index contributed by atoms with van der Waals surface area (Å²) in [5, 5.41) is 19.2. The number of nitro groups is 1. The van der Waals surface area contributed by atoms with Crippen molar-refractivity contribution in [2.45, 2.75) is 19.0 Å². The number of aromatic nitrogens is 2. The summed E-state index contributed by atoms with van der Waals surface area (Å²) in [6.07, 6.45) is 1.70. The van der Waals surface area contributed by atoms with Gasteiger partial charge in [-0.15, -0.1) is 11.3 Å². The molecule has 0 saturated heterocycles. The molecule has 1 aliphatic rings. The van der Waals surface area contributed by atoms with E-state index in [9.17, 15) is 19.7 Å². The number of hydrogen-bond acceptors (Lipinski definition) is 9.